The van der Waals surface area contributed by atoms with Crippen LogP contribution in [0.4, 0.5) is 11.6 Å². The van der Waals surface area contributed by atoms with Crippen molar-refractivity contribution in [3.63, 3.8) is 0 Å². The van der Waals surface area contributed by atoms with Gasteiger partial charge in [-0.2, -0.15) is 0 Å². The van der Waals surface area contributed by atoms with Crippen LogP contribution < -0.4 is 9.80 Å². The van der Waals surface area contributed by atoms with E-state index in [1.54, 1.807) is 6.33 Å². The monoisotopic (exact) mass is 419 g/mol. The van der Waals surface area contributed by atoms with Gasteiger partial charge in [0, 0.05) is 39.3 Å². The second-order valence-corrected chi connectivity index (χ2v) is 8.38. The third kappa shape index (κ3) is 4.33. The van der Waals surface area contributed by atoms with E-state index >= 15 is 0 Å². The van der Waals surface area contributed by atoms with E-state index in [1.165, 1.54) is 25.7 Å². The number of nitrogens with zero attached hydrogens (tertiary/aromatic N) is 7. The predicted molar refractivity (Wildman–Crippen MR) is 121 cm³/mol. The molecule has 0 radical (unpaired) electrons. The standard InChI is InChI=1S/C23H29N7O/c31-23(17-30-18-24-19-7-3-4-8-20(19)30)29-15-13-28(14-16-29)22-10-9-21(25-26-22)27-11-5-1-2-6-12-27/h3-4,7-10,18H,1-2,5-6,11-17H2. The highest BCUT2D eigenvalue weighted by Gasteiger charge is 2.23. The van der Waals surface area contributed by atoms with Crippen molar-refractivity contribution in [1.29, 1.82) is 0 Å². The number of aromatic nitrogens is 4. The maximum Gasteiger partial charge on any atom is 0.242 e. The molecule has 5 rings (SSSR count). The van der Waals surface area contributed by atoms with Crippen molar-refractivity contribution in [2.45, 2.75) is 32.2 Å². The summed E-state index contributed by atoms with van der Waals surface area (Å²) in [4.78, 5) is 23.7. The fraction of sp³-hybridized carbons (Fsp3) is 0.478. The van der Waals surface area contributed by atoms with Crippen molar-refractivity contribution < 1.29 is 4.79 Å². The molecule has 0 saturated carbocycles. The van der Waals surface area contributed by atoms with Crippen LogP contribution in [-0.4, -0.2) is 69.8 Å². The van der Waals surface area contributed by atoms with Gasteiger partial charge in [0.1, 0.15) is 6.54 Å². The minimum atomic E-state index is 0.130. The van der Waals surface area contributed by atoms with Gasteiger partial charge < -0.3 is 19.3 Å². The zero-order valence-electron chi connectivity index (χ0n) is 17.9. The first-order valence-corrected chi connectivity index (χ1v) is 11.3. The molecule has 0 N–H and O–H groups in total. The molecule has 0 spiro atoms. The normalized spacial score (nSPS) is 17.7. The Hall–Kier alpha value is -3.16. The summed E-state index contributed by atoms with van der Waals surface area (Å²) in [5, 5.41) is 8.99. The van der Waals surface area contributed by atoms with Crippen LogP contribution in [0.5, 0.6) is 0 Å². The summed E-state index contributed by atoms with van der Waals surface area (Å²) in [6, 6.07) is 12.1. The predicted octanol–water partition coefficient (Wildman–Crippen LogP) is 2.56. The Morgan fingerprint density at radius 1 is 0.774 bits per heavy atom. The lowest BCUT2D eigenvalue weighted by Crippen LogP contribution is -2.49. The number of carbonyl (C=O) groups is 1. The number of fused-ring (bicyclic) bond motifs is 1. The molecule has 0 atom stereocenters. The number of para-hydroxylation sites is 2. The van der Waals surface area contributed by atoms with Crippen LogP contribution in [0.2, 0.25) is 0 Å². The van der Waals surface area contributed by atoms with Crippen LogP contribution in [0.15, 0.2) is 42.7 Å². The topological polar surface area (TPSA) is 70.4 Å². The molecule has 3 aromatic rings. The number of carbonyl (C=O) groups excluding carboxylic acids is 1. The molecule has 1 amide bonds. The van der Waals surface area contributed by atoms with E-state index in [0.717, 1.165) is 48.8 Å². The Morgan fingerprint density at radius 3 is 2.10 bits per heavy atom. The number of benzene rings is 1. The summed E-state index contributed by atoms with van der Waals surface area (Å²) in [6.45, 7) is 5.40. The number of piperazine rings is 1. The highest BCUT2D eigenvalue weighted by Crippen LogP contribution is 2.20. The highest BCUT2D eigenvalue weighted by molar-refractivity contribution is 5.80. The minimum absolute atomic E-state index is 0.130. The molecule has 162 valence electrons. The lowest BCUT2D eigenvalue weighted by molar-refractivity contribution is -0.132. The van der Waals surface area contributed by atoms with Gasteiger partial charge in [0.05, 0.1) is 17.4 Å². The fourth-order valence-corrected chi connectivity index (χ4v) is 4.52. The van der Waals surface area contributed by atoms with E-state index in [4.69, 9.17) is 0 Å². The molecular formula is C23H29N7O. The third-order valence-electron chi connectivity index (χ3n) is 6.36. The molecule has 4 heterocycles. The summed E-state index contributed by atoms with van der Waals surface area (Å²) >= 11 is 0. The molecule has 31 heavy (non-hydrogen) atoms. The van der Waals surface area contributed by atoms with Gasteiger partial charge in [-0.1, -0.05) is 25.0 Å². The second-order valence-electron chi connectivity index (χ2n) is 8.38. The van der Waals surface area contributed by atoms with Gasteiger partial charge in [0.25, 0.3) is 0 Å². The molecule has 0 unspecified atom stereocenters. The Kier molecular flexibility index (Phi) is 5.69. The van der Waals surface area contributed by atoms with E-state index in [9.17, 15) is 4.79 Å². The summed E-state index contributed by atoms with van der Waals surface area (Å²) < 4.78 is 1.93. The van der Waals surface area contributed by atoms with E-state index in [-0.39, 0.29) is 5.91 Å². The van der Waals surface area contributed by atoms with Gasteiger partial charge in [0.15, 0.2) is 11.6 Å². The smallest absolute Gasteiger partial charge is 0.242 e. The van der Waals surface area contributed by atoms with Gasteiger partial charge in [-0.3, -0.25) is 4.79 Å². The van der Waals surface area contributed by atoms with Gasteiger partial charge in [-0.05, 0) is 37.1 Å². The maximum atomic E-state index is 12.8. The summed E-state index contributed by atoms with van der Waals surface area (Å²) in [7, 11) is 0. The number of hydrogen-bond donors (Lipinski definition) is 0. The molecule has 8 nitrogen and oxygen atoms in total. The summed E-state index contributed by atoms with van der Waals surface area (Å²) in [5.41, 5.74) is 1.91. The van der Waals surface area contributed by atoms with Crippen molar-refractivity contribution >= 4 is 28.6 Å². The average molecular weight is 420 g/mol. The number of rotatable bonds is 4. The highest BCUT2D eigenvalue weighted by atomic mass is 16.2. The van der Waals surface area contributed by atoms with Crippen molar-refractivity contribution in [3.05, 3.63) is 42.7 Å². The Balaban J connectivity index is 1.17. The van der Waals surface area contributed by atoms with E-state index in [0.29, 0.717) is 19.6 Å². The number of anilines is 2. The number of hydrogen-bond acceptors (Lipinski definition) is 6. The fourth-order valence-electron chi connectivity index (χ4n) is 4.52. The Morgan fingerprint density at radius 2 is 1.42 bits per heavy atom. The lowest BCUT2D eigenvalue weighted by atomic mass is 10.2. The molecule has 8 heteroatoms. The van der Waals surface area contributed by atoms with Crippen molar-refractivity contribution in [3.8, 4) is 0 Å². The van der Waals surface area contributed by atoms with E-state index < -0.39 is 0 Å². The molecule has 2 saturated heterocycles. The largest absolute Gasteiger partial charge is 0.355 e. The zero-order valence-corrected chi connectivity index (χ0v) is 17.9. The molecule has 1 aromatic carbocycles. The van der Waals surface area contributed by atoms with Crippen LogP contribution in [0.3, 0.4) is 0 Å². The van der Waals surface area contributed by atoms with E-state index in [2.05, 4.69) is 37.1 Å². The van der Waals surface area contributed by atoms with Gasteiger partial charge >= 0.3 is 0 Å². The number of imidazole rings is 1. The number of amides is 1. The first kappa shape index (κ1) is 19.8. The first-order valence-electron chi connectivity index (χ1n) is 11.3. The first-order chi connectivity index (χ1) is 15.3. The van der Waals surface area contributed by atoms with Crippen LogP contribution in [0, 0.1) is 0 Å². The van der Waals surface area contributed by atoms with Crippen molar-refractivity contribution in [1.82, 2.24) is 24.6 Å². The minimum Gasteiger partial charge on any atom is -0.355 e. The molecule has 0 bridgehead atoms. The van der Waals surface area contributed by atoms with E-state index in [1.807, 2.05) is 33.7 Å². The molecule has 2 aromatic heterocycles. The van der Waals surface area contributed by atoms with Crippen LogP contribution in [-0.2, 0) is 11.3 Å². The molecule has 2 aliphatic heterocycles. The van der Waals surface area contributed by atoms with Gasteiger partial charge in [0.2, 0.25) is 5.91 Å². The lowest BCUT2D eigenvalue weighted by Gasteiger charge is -2.35. The molecule has 2 fully saturated rings. The van der Waals surface area contributed by atoms with Crippen molar-refractivity contribution in [2.75, 3.05) is 49.1 Å². The van der Waals surface area contributed by atoms with Gasteiger partial charge in [-0.15, -0.1) is 10.2 Å². The molecular weight excluding hydrogens is 390 g/mol. The Bertz CT molecular complexity index is 1020. The maximum absolute atomic E-state index is 12.8. The quantitative estimate of drug-likeness (QED) is 0.647. The average Bonchev–Trinajstić information content (AvgIpc) is 3.03. The van der Waals surface area contributed by atoms with Crippen molar-refractivity contribution in [2.24, 2.45) is 0 Å². The summed E-state index contributed by atoms with van der Waals surface area (Å²) in [5.74, 6) is 2.00. The third-order valence-corrected chi connectivity index (χ3v) is 6.36. The SMILES string of the molecule is O=C(Cn1cnc2ccccc21)N1CCN(c2ccc(N3CCCCCC3)nn2)CC1. The Labute approximate surface area is 182 Å². The van der Waals surface area contributed by atoms with Crippen LogP contribution >= 0.6 is 0 Å². The summed E-state index contributed by atoms with van der Waals surface area (Å²) in [6.07, 6.45) is 6.83. The molecule has 2 aliphatic rings. The second kappa shape index (κ2) is 8.91. The molecule has 0 aliphatic carbocycles. The zero-order chi connectivity index (χ0) is 21.0. The van der Waals surface area contributed by atoms with Crippen LogP contribution in [0.1, 0.15) is 25.7 Å². The van der Waals surface area contributed by atoms with Crippen LogP contribution in [0.25, 0.3) is 11.0 Å². The van der Waals surface area contributed by atoms with Gasteiger partial charge in [-0.25, -0.2) is 4.98 Å².